The normalized spacial score (nSPS) is 30.3. The van der Waals surface area contributed by atoms with Gasteiger partial charge in [0, 0.05) is 5.57 Å². The minimum atomic E-state index is -0.789. The molecular weight excluding hydrogens is 164 g/mol. The van der Waals surface area contributed by atoms with Gasteiger partial charge in [-0.3, -0.25) is 9.59 Å². The maximum atomic E-state index is 11.8. The molecule has 0 aromatic rings. The lowest BCUT2D eigenvalue weighted by atomic mass is 9.87. The van der Waals surface area contributed by atoms with Gasteiger partial charge >= 0.3 is 0 Å². The quantitative estimate of drug-likeness (QED) is 0.526. The molecule has 2 nitrogen and oxygen atoms in total. The molecule has 2 heteroatoms. The summed E-state index contributed by atoms with van der Waals surface area (Å²) in [5, 5.41) is 0. The van der Waals surface area contributed by atoms with Crippen LogP contribution in [0.4, 0.5) is 0 Å². The van der Waals surface area contributed by atoms with Gasteiger partial charge in [0.05, 0.1) is 11.3 Å². The smallest absolute Gasteiger partial charge is 0.172 e. The van der Waals surface area contributed by atoms with Gasteiger partial charge in [0.1, 0.15) is 0 Å². The highest BCUT2D eigenvalue weighted by Gasteiger charge is 2.50. The first-order valence-corrected chi connectivity index (χ1v) is 4.51. The van der Waals surface area contributed by atoms with Crippen LogP contribution in [0.25, 0.3) is 0 Å². The van der Waals surface area contributed by atoms with Crippen molar-refractivity contribution >= 4 is 11.6 Å². The number of ketones is 2. The zero-order valence-electron chi connectivity index (χ0n) is 7.83. The second-order valence-electron chi connectivity index (χ2n) is 4.16. The molecule has 0 saturated heterocycles. The van der Waals surface area contributed by atoms with Crippen molar-refractivity contribution in [3.8, 4) is 0 Å². The number of carbonyl (C=O) groups excluding carboxylic acids is 2. The molecule has 0 bridgehead atoms. The third-order valence-corrected chi connectivity index (χ3v) is 2.92. The minimum absolute atomic E-state index is 0.00634. The van der Waals surface area contributed by atoms with Crippen molar-refractivity contribution in [2.45, 2.75) is 20.3 Å². The summed E-state index contributed by atoms with van der Waals surface area (Å²) in [5.74, 6) is -0.0764. The summed E-state index contributed by atoms with van der Waals surface area (Å²) < 4.78 is 0. The van der Waals surface area contributed by atoms with Crippen molar-refractivity contribution in [2.75, 3.05) is 0 Å². The summed E-state index contributed by atoms with van der Waals surface area (Å²) in [6.07, 6.45) is 6.28. The topological polar surface area (TPSA) is 34.1 Å². The van der Waals surface area contributed by atoms with E-state index >= 15 is 0 Å². The Morgan fingerprint density at radius 1 is 1.38 bits per heavy atom. The van der Waals surface area contributed by atoms with Crippen molar-refractivity contribution in [2.24, 2.45) is 11.3 Å². The predicted octanol–water partition coefficient (Wildman–Crippen LogP) is 1.67. The molecule has 0 aromatic carbocycles. The van der Waals surface area contributed by atoms with Crippen LogP contribution in [0, 0.1) is 11.3 Å². The Kier molecular flexibility index (Phi) is 1.56. The van der Waals surface area contributed by atoms with E-state index in [9.17, 15) is 9.59 Å². The predicted molar refractivity (Wildman–Crippen MR) is 49.1 cm³/mol. The molecular formula is C11H12O2. The van der Waals surface area contributed by atoms with Crippen molar-refractivity contribution < 1.29 is 9.59 Å². The first kappa shape index (κ1) is 8.42. The van der Waals surface area contributed by atoms with E-state index in [1.807, 2.05) is 12.2 Å². The fourth-order valence-corrected chi connectivity index (χ4v) is 2.02. The number of rotatable bonds is 0. The number of carbonyl (C=O) groups is 2. The Labute approximate surface area is 77.3 Å². The van der Waals surface area contributed by atoms with Gasteiger partial charge < -0.3 is 0 Å². The Morgan fingerprint density at radius 3 is 2.69 bits per heavy atom. The summed E-state index contributed by atoms with van der Waals surface area (Å²) in [7, 11) is 0. The average Bonchev–Trinajstić information content (AvgIpc) is 2.30. The molecule has 0 aromatic heterocycles. The van der Waals surface area contributed by atoms with Crippen molar-refractivity contribution in [1.82, 2.24) is 0 Å². The van der Waals surface area contributed by atoms with Crippen LogP contribution in [-0.4, -0.2) is 11.6 Å². The van der Waals surface area contributed by atoms with E-state index in [4.69, 9.17) is 0 Å². The molecule has 13 heavy (non-hydrogen) atoms. The molecule has 68 valence electrons. The number of Topliss-reactive ketones (excluding diaryl/α,β-unsaturated/α-hetero) is 2. The zero-order valence-corrected chi connectivity index (χ0v) is 7.83. The molecule has 0 heterocycles. The molecule has 0 radical (unpaired) electrons. The lowest BCUT2D eigenvalue weighted by molar-refractivity contribution is -0.133. The van der Waals surface area contributed by atoms with Gasteiger partial charge in [-0.1, -0.05) is 18.2 Å². The van der Waals surface area contributed by atoms with Crippen LogP contribution in [0.15, 0.2) is 23.8 Å². The molecule has 1 unspecified atom stereocenters. The molecule has 1 fully saturated rings. The van der Waals surface area contributed by atoms with Crippen molar-refractivity contribution in [3.05, 3.63) is 23.8 Å². The molecule has 0 amide bonds. The fraction of sp³-hybridized carbons (Fsp3) is 0.455. The molecule has 1 atom stereocenters. The fourth-order valence-electron chi connectivity index (χ4n) is 2.02. The highest BCUT2D eigenvalue weighted by atomic mass is 16.2. The lowest BCUT2D eigenvalue weighted by Crippen LogP contribution is -2.26. The van der Waals surface area contributed by atoms with E-state index < -0.39 is 5.41 Å². The maximum absolute atomic E-state index is 11.8. The molecule has 0 N–H and O–H groups in total. The van der Waals surface area contributed by atoms with E-state index in [-0.39, 0.29) is 17.5 Å². The summed E-state index contributed by atoms with van der Waals surface area (Å²) >= 11 is 0. The molecule has 2 rings (SSSR count). The van der Waals surface area contributed by atoms with Gasteiger partial charge in [-0.05, 0) is 20.3 Å². The van der Waals surface area contributed by atoms with Crippen LogP contribution in [0.3, 0.4) is 0 Å². The summed E-state index contributed by atoms with van der Waals surface area (Å²) in [6.45, 7) is 3.44. The van der Waals surface area contributed by atoms with Gasteiger partial charge in [0.15, 0.2) is 11.6 Å². The second kappa shape index (κ2) is 2.41. The molecule has 1 saturated carbocycles. The van der Waals surface area contributed by atoms with E-state index in [0.717, 1.165) is 0 Å². The van der Waals surface area contributed by atoms with Gasteiger partial charge in [-0.15, -0.1) is 0 Å². The van der Waals surface area contributed by atoms with E-state index in [0.29, 0.717) is 12.0 Å². The standard InChI is InChI=1S/C11H12O2/c1-11(2)9(12)7-5-3-4-6-8(7)10(11)13/h3-5,8H,6H2,1-2H3. The molecule has 0 aliphatic heterocycles. The average molecular weight is 176 g/mol. The Balaban J connectivity index is 2.51. The lowest BCUT2D eigenvalue weighted by Gasteiger charge is -2.12. The van der Waals surface area contributed by atoms with Crippen molar-refractivity contribution in [3.63, 3.8) is 0 Å². The maximum Gasteiger partial charge on any atom is 0.172 e. The second-order valence-corrected chi connectivity index (χ2v) is 4.16. The summed E-state index contributed by atoms with van der Waals surface area (Å²) in [5.41, 5.74) is -0.0831. The highest BCUT2D eigenvalue weighted by Crippen LogP contribution is 2.41. The third kappa shape index (κ3) is 0.947. The monoisotopic (exact) mass is 176 g/mol. The van der Waals surface area contributed by atoms with Crippen LogP contribution < -0.4 is 0 Å². The summed E-state index contributed by atoms with van der Waals surface area (Å²) in [4.78, 5) is 23.5. The Hall–Kier alpha value is -1.18. The van der Waals surface area contributed by atoms with Crippen LogP contribution in [0.1, 0.15) is 20.3 Å². The van der Waals surface area contributed by atoms with Gasteiger partial charge in [-0.2, -0.15) is 0 Å². The molecule has 2 aliphatic carbocycles. The number of fused-ring (bicyclic) bond motifs is 1. The van der Waals surface area contributed by atoms with Crippen LogP contribution in [-0.2, 0) is 9.59 Å². The van der Waals surface area contributed by atoms with E-state index in [2.05, 4.69) is 0 Å². The van der Waals surface area contributed by atoms with Gasteiger partial charge in [0.2, 0.25) is 0 Å². The SMILES string of the molecule is CC1(C)C(=O)C2=CC=CCC2C1=O. The van der Waals surface area contributed by atoms with Crippen LogP contribution in [0.2, 0.25) is 0 Å². The largest absolute Gasteiger partial charge is 0.298 e. The molecule has 2 aliphatic rings. The Bertz CT molecular complexity index is 345. The van der Waals surface area contributed by atoms with E-state index in [1.165, 1.54) is 0 Å². The first-order chi connectivity index (χ1) is 6.05. The van der Waals surface area contributed by atoms with E-state index in [1.54, 1.807) is 19.9 Å². The third-order valence-electron chi connectivity index (χ3n) is 2.92. The number of allylic oxidation sites excluding steroid dienone is 4. The summed E-state index contributed by atoms with van der Waals surface area (Å²) in [6, 6.07) is 0. The highest BCUT2D eigenvalue weighted by molar-refractivity contribution is 6.23. The van der Waals surface area contributed by atoms with Gasteiger partial charge in [-0.25, -0.2) is 0 Å². The number of hydrogen-bond acceptors (Lipinski definition) is 2. The van der Waals surface area contributed by atoms with Crippen LogP contribution in [0.5, 0.6) is 0 Å². The molecule has 0 spiro atoms. The number of hydrogen-bond donors (Lipinski definition) is 0. The first-order valence-electron chi connectivity index (χ1n) is 4.51. The minimum Gasteiger partial charge on any atom is -0.298 e. The van der Waals surface area contributed by atoms with Gasteiger partial charge in [0.25, 0.3) is 0 Å². The Morgan fingerprint density at radius 2 is 2.08 bits per heavy atom. The van der Waals surface area contributed by atoms with Crippen LogP contribution >= 0.6 is 0 Å². The van der Waals surface area contributed by atoms with Crippen molar-refractivity contribution in [1.29, 1.82) is 0 Å². The zero-order chi connectivity index (χ0) is 9.64.